The van der Waals surface area contributed by atoms with Crippen molar-refractivity contribution in [3.05, 3.63) is 70.2 Å². The van der Waals surface area contributed by atoms with Crippen molar-refractivity contribution in [3.8, 4) is 0 Å². The zero-order chi connectivity index (χ0) is 16.4. The summed E-state index contributed by atoms with van der Waals surface area (Å²) in [5.74, 6) is -1.17. The van der Waals surface area contributed by atoms with Crippen LogP contribution in [0.5, 0.6) is 0 Å². The number of aliphatic imine (C=N–C) groups is 1. The van der Waals surface area contributed by atoms with Gasteiger partial charge in [-0.2, -0.15) is 4.99 Å². The Balaban J connectivity index is 2.02. The maximum absolute atomic E-state index is 12.3. The number of amides is 2. The Bertz CT molecular complexity index is 775. The van der Waals surface area contributed by atoms with Gasteiger partial charge in [-0.3, -0.25) is 9.59 Å². The van der Waals surface area contributed by atoms with E-state index in [2.05, 4.69) is 20.9 Å². The number of thioether (sulfide) groups is 1. The summed E-state index contributed by atoms with van der Waals surface area (Å²) in [6, 6.07) is 17.6. The molecular formula is C17H13BrN2O2S. The maximum atomic E-state index is 12.3. The van der Waals surface area contributed by atoms with Crippen molar-refractivity contribution in [1.29, 1.82) is 0 Å². The lowest BCUT2D eigenvalue weighted by Crippen LogP contribution is -2.23. The Kier molecular flexibility index (Phi) is 4.63. The van der Waals surface area contributed by atoms with Gasteiger partial charge in [-0.15, -0.1) is 0 Å². The van der Waals surface area contributed by atoms with E-state index in [1.165, 1.54) is 0 Å². The second kappa shape index (κ2) is 6.68. The molecule has 0 bridgehead atoms. The lowest BCUT2D eigenvalue weighted by Gasteiger charge is -2.22. The van der Waals surface area contributed by atoms with Crippen LogP contribution in [-0.4, -0.2) is 22.1 Å². The smallest absolute Gasteiger partial charge is 0.274 e. The molecule has 2 aromatic carbocycles. The molecule has 0 aliphatic carbocycles. The predicted molar refractivity (Wildman–Crippen MR) is 95.4 cm³/mol. The topological polar surface area (TPSA) is 72.5 Å². The summed E-state index contributed by atoms with van der Waals surface area (Å²) in [5, 5.41) is -0.404. The molecule has 2 unspecified atom stereocenters. The van der Waals surface area contributed by atoms with E-state index in [-0.39, 0.29) is 16.9 Å². The van der Waals surface area contributed by atoms with Gasteiger partial charge >= 0.3 is 0 Å². The Morgan fingerprint density at radius 2 is 1.70 bits per heavy atom. The molecule has 0 aromatic heterocycles. The van der Waals surface area contributed by atoms with Gasteiger partial charge in [-0.1, -0.05) is 70.2 Å². The molecule has 1 aliphatic rings. The van der Waals surface area contributed by atoms with Crippen LogP contribution in [0.25, 0.3) is 0 Å². The van der Waals surface area contributed by atoms with E-state index in [1.54, 1.807) is 0 Å². The lowest BCUT2D eigenvalue weighted by molar-refractivity contribution is -0.117. The summed E-state index contributed by atoms with van der Waals surface area (Å²) >= 11 is 4.56. The van der Waals surface area contributed by atoms with Crippen LogP contribution in [0.3, 0.4) is 0 Å². The highest BCUT2D eigenvalue weighted by molar-refractivity contribution is 9.10. The van der Waals surface area contributed by atoms with E-state index in [4.69, 9.17) is 5.73 Å². The van der Waals surface area contributed by atoms with E-state index < -0.39 is 11.2 Å². The molecule has 2 atom stereocenters. The molecule has 1 aliphatic heterocycles. The van der Waals surface area contributed by atoms with Crippen LogP contribution in [-0.2, 0) is 9.59 Å². The Morgan fingerprint density at radius 1 is 1.09 bits per heavy atom. The Labute approximate surface area is 146 Å². The molecule has 6 heteroatoms. The molecule has 2 amide bonds. The SMILES string of the molecule is NC(=O)C1=NC(=O)C(C(c2ccccc2)c2ccc(Br)cc2)S1. The second-order valence-electron chi connectivity index (χ2n) is 5.10. The van der Waals surface area contributed by atoms with Crippen LogP contribution in [0.1, 0.15) is 17.0 Å². The third kappa shape index (κ3) is 3.38. The molecular weight excluding hydrogens is 376 g/mol. The number of halogens is 1. The Hall–Kier alpha value is -1.92. The minimum absolute atomic E-state index is 0.0815. The number of carbonyl (C=O) groups excluding carboxylic acids is 2. The normalized spacial score (nSPS) is 18.6. The number of carbonyl (C=O) groups is 2. The number of nitrogens with zero attached hydrogens (tertiary/aromatic N) is 1. The summed E-state index contributed by atoms with van der Waals surface area (Å²) in [5.41, 5.74) is 7.26. The fourth-order valence-electron chi connectivity index (χ4n) is 2.56. The van der Waals surface area contributed by atoms with Crippen LogP contribution in [0.2, 0.25) is 0 Å². The molecule has 0 fully saturated rings. The van der Waals surface area contributed by atoms with Gasteiger partial charge in [-0.05, 0) is 23.3 Å². The highest BCUT2D eigenvalue weighted by Gasteiger charge is 2.38. The van der Waals surface area contributed by atoms with Crippen LogP contribution >= 0.6 is 27.7 Å². The first-order valence-electron chi connectivity index (χ1n) is 6.95. The van der Waals surface area contributed by atoms with Crippen LogP contribution < -0.4 is 5.73 Å². The summed E-state index contributed by atoms with van der Waals surface area (Å²) in [6.07, 6.45) is 0. The van der Waals surface area contributed by atoms with Gasteiger partial charge in [-0.25, -0.2) is 0 Å². The zero-order valence-electron chi connectivity index (χ0n) is 12.0. The number of benzene rings is 2. The fourth-order valence-corrected chi connectivity index (χ4v) is 3.92. The highest BCUT2D eigenvalue weighted by Crippen LogP contribution is 2.39. The van der Waals surface area contributed by atoms with Gasteiger partial charge in [0, 0.05) is 10.4 Å². The molecule has 0 saturated carbocycles. The van der Waals surface area contributed by atoms with Gasteiger partial charge in [0.05, 0.1) is 0 Å². The van der Waals surface area contributed by atoms with Crippen LogP contribution in [0.4, 0.5) is 0 Å². The average Bonchev–Trinajstić information content (AvgIpc) is 2.93. The molecule has 23 heavy (non-hydrogen) atoms. The molecule has 3 rings (SSSR count). The van der Waals surface area contributed by atoms with Crippen LogP contribution in [0, 0.1) is 0 Å². The molecule has 0 saturated heterocycles. The van der Waals surface area contributed by atoms with Crippen molar-refractivity contribution in [2.24, 2.45) is 10.7 Å². The lowest BCUT2D eigenvalue weighted by atomic mass is 9.88. The van der Waals surface area contributed by atoms with E-state index >= 15 is 0 Å². The number of hydrogen-bond donors (Lipinski definition) is 1. The van der Waals surface area contributed by atoms with E-state index in [0.29, 0.717) is 0 Å². The zero-order valence-corrected chi connectivity index (χ0v) is 14.4. The minimum Gasteiger partial charge on any atom is -0.364 e. The quantitative estimate of drug-likeness (QED) is 0.874. The van der Waals surface area contributed by atoms with Gasteiger partial charge in [0.15, 0.2) is 5.04 Å². The molecule has 2 aromatic rings. The summed E-state index contributed by atoms with van der Waals surface area (Å²) in [7, 11) is 0. The van der Waals surface area contributed by atoms with Crippen molar-refractivity contribution in [2.75, 3.05) is 0 Å². The van der Waals surface area contributed by atoms with Crippen molar-refractivity contribution in [3.63, 3.8) is 0 Å². The van der Waals surface area contributed by atoms with Gasteiger partial charge in [0.1, 0.15) is 5.25 Å². The van der Waals surface area contributed by atoms with Gasteiger partial charge < -0.3 is 5.73 Å². The number of rotatable bonds is 4. The Morgan fingerprint density at radius 3 is 2.26 bits per heavy atom. The molecule has 0 radical (unpaired) electrons. The molecule has 2 N–H and O–H groups in total. The molecule has 0 spiro atoms. The van der Waals surface area contributed by atoms with E-state index in [9.17, 15) is 9.59 Å². The third-order valence-electron chi connectivity index (χ3n) is 3.60. The molecule has 116 valence electrons. The van der Waals surface area contributed by atoms with Crippen LogP contribution in [0.15, 0.2) is 64.1 Å². The van der Waals surface area contributed by atoms with Crippen molar-refractivity contribution < 1.29 is 9.59 Å². The minimum atomic E-state index is -0.659. The summed E-state index contributed by atoms with van der Waals surface area (Å²) in [6.45, 7) is 0. The first-order chi connectivity index (χ1) is 11.1. The third-order valence-corrected chi connectivity index (χ3v) is 5.37. The standard InChI is InChI=1S/C17H13BrN2O2S/c18-12-8-6-11(7-9-12)13(10-4-2-1-3-5-10)14-16(22)20-17(23-14)15(19)21/h1-9,13-14H,(H2,19,21). The fraction of sp³-hybridized carbons (Fsp3) is 0.118. The predicted octanol–water partition coefficient (Wildman–Crippen LogP) is 3.11. The van der Waals surface area contributed by atoms with Crippen molar-refractivity contribution in [2.45, 2.75) is 11.2 Å². The van der Waals surface area contributed by atoms with Crippen molar-refractivity contribution >= 4 is 44.5 Å². The average molecular weight is 389 g/mol. The van der Waals surface area contributed by atoms with Gasteiger partial charge in [0.25, 0.3) is 11.8 Å². The molecule has 1 heterocycles. The number of primary amides is 1. The molecule has 4 nitrogen and oxygen atoms in total. The van der Waals surface area contributed by atoms with E-state index in [1.807, 2.05) is 54.6 Å². The summed E-state index contributed by atoms with van der Waals surface area (Å²) < 4.78 is 0.965. The first kappa shape index (κ1) is 16.0. The number of nitrogens with two attached hydrogens (primary N) is 1. The maximum Gasteiger partial charge on any atom is 0.274 e. The monoisotopic (exact) mass is 388 g/mol. The van der Waals surface area contributed by atoms with Crippen molar-refractivity contribution in [1.82, 2.24) is 0 Å². The highest BCUT2D eigenvalue weighted by atomic mass is 79.9. The second-order valence-corrected chi connectivity index (χ2v) is 7.14. The van der Waals surface area contributed by atoms with Gasteiger partial charge in [0.2, 0.25) is 0 Å². The number of hydrogen-bond acceptors (Lipinski definition) is 3. The van der Waals surface area contributed by atoms with E-state index in [0.717, 1.165) is 27.4 Å². The first-order valence-corrected chi connectivity index (χ1v) is 8.63. The summed E-state index contributed by atoms with van der Waals surface area (Å²) in [4.78, 5) is 27.5. The largest absolute Gasteiger partial charge is 0.364 e.